The molecule has 0 unspecified atom stereocenters. The molecule has 0 aliphatic carbocycles. The van der Waals surface area contributed by atoms with Crippen LogP contribution in [0.25, 0.3) is 28.3 Å². The van der Waals surface area contributed by atoms with E-state index in [1.54, 1.807) is 6.20 Å². The van der Waals surface area contributed by atoms with Gasteiger partial charge in [-0.1, -0.05) is 0 Å². The highest BCUT2D eigenvalue weighted by atomic mass is 16.5. The zero-order valence-electron chi connectivity index (χ0n) is 16.4. The van der Waals surface area contributed by atoms with Crippen LogP contribution in [0.4, 0.5) is 5.82 Å². The van der Waals surface area contributed by atoms with Crippen LogP contribution in [0.2, 0.25) is 0 Å². The standard InChI is InChI=1S/C21H21N7O2/c1-12-9-24-16-5-4-13(10-28(12)16)17-18(15-3-2-7-23-15)27-20(22)19(26-17)21(29)25-14-6-8-30-11-14/h2-5,7,9-10,14,23H,6,8,11H2,1H3,(H2,22,27)(H,25,29)/t14-/m0/s1. The van der Waals surface area contributed by atoms with E-state index in [1.807, 2.05) is 48.0 Å². The van der Waals surface area contributed by atoms with Gasteiger partial charge in [0.2, 0.25) is 0 Å². The van der Waals surface area contributed by atoms with Gasteiger partial charge in [0, 0.05) is 36.5 Å². The number of carbonyl (C=O) groups excluding carboxylic acids is 1. The van der Waals surface area contributed by atoms with E-state index in [0.29, 0.717) is 24.6 Å². The minimum absolute atomic E-state index is 0.0461. The number of aryl methyl sites for hydroxylation is 1. The highest BCUT2D eigenvalue weighted by Crippen LogP contribution is 2.30. The van der Waals surface area contributed by atoms with Crippen LogP contribution < -0.4 is 11.1 Å². The molecule has 9 heteroatoms. The first kappa shape index (κ1) is 18.3. The molecule has 5 heterocycles. The van der Waals surface area contributed by atoms with Crippen LogP contribution in [-0.4, -0.2) is 49.5 Å². The Kier molecular flexibility index (Phi) is 4.44. The summed E-state index contributed by atoms with van der Waals surface area (Å²) in [7, 11) is 0. The summed E-state index contributed by atoms with van der Waals surface area (Å²) in [5.41, 5.74) is 10.8. The maximum atomic E-state index is 12.9. The number of aromatic amines is 1. The Morgan fingerprint density at radius 1 is 1.30 bits per heavy atom. The second kappa shape index (κ2) is 7.27. The zero-order chi connectivity index (χ0) is 20.7. The number of nitrogen functional groups attached to an aromatic ring is 1. The molecule has 0 saturated carbocycles. The van der Waals surface area contributed by atoms with E-state index in [0.717, 1.165) is 29.0 Å². The average molecular weight is 403 g/mol. The zero-order valence-corrected chi connectivity index (χ0v) is 16.4. The van der Waals surface area contributed by atoms with Crippen LogP contribution in [-0.2, 0) is 4.74 Å². The van der Waals surface area contributed by atoms with Gasteiger partial charge in [-0.3, -0.25) is 4.79 Å². The maximum Gasteiger partial charge on any atom is 0.274 e. The van der Waals surface area contributed by atoms with Gasteiger partial charge in [-0.25, -0.2) is 15.0 Å². The van der Waals surface area contributed by atoms with Crippen molar-refractivity contribution in [2.24, 2.45) is 0 Å². The summed E-state index contributed by atoms with van der Waals surface area (Å²) >= 11 is 0. The van der Waals surface area contributed by atoms with Crippen molar-refractivity contribution in [1.82, 2.24) is 29.7 Å². The number of pyridine rings is 1. The van der Waals surface area contributed by atoms with Gasteiger partial charge in [0.25, 0.3) is 5.91 Å². The number of amides is 1. The average Bonchev–Trinajstić information content (AvgIpc) is 3.51. The number of nitrogens with one attached hydrogen (secondary N) is 2. The molecule has 5 rings (SSSR count). The van der Waals surface area contributed by atoms with Crippen molar-refractivity contribution in [3.63, 3.8) is 0 Å². The molecule has 4 aromatic heterocycles. The molecule has 1 aliphatic rings. The number of carbonyl (C=O) groups is 1. The van der Waals surface area contributed by atoms with Crippen LogP contribution in [0.5, 0.6) is 0 Å². The summed E-state index contributed by atoms with van der Waals surface area (Å²) in [5.74, 6) is -0.269. The number of ether oxygens (including phenoxy) is 1. The maximum absolute atomic E-state index is 12.9. The first-order valence-corrected chi connectivity index (χ1v) is 9.74. The molecule has 9 nitrogen and oxygen atoms in total. The van der Waals surface area contributed by atoms with E-state index in [4.69, 9.17) is 10.5 Å². The number of hydrogen-bond donors (Lipinski definition) is 3. The van der Waals surface area contributed by atoms with Crippen LogP contribution in [0.1, 0.15) is 22.6 Å². The fourth-order valence-corrected chi connectivity index (χ4v) is 3.63. The number of imidazole rings is 1. The molecule has 1 aliphatic heterocycles. The number of H-pyrrole nitrogens is 1. The van der Waals surface area contributed by atoms with E-state index in [1.165, 1.54) is 0 Å². The molecule has 30 heavy (non-hydrogen) atoms. The number of hydrogen-bond acceptors (Lipinski definition) is 6. The Hall–Kier alpha value is -3.72. The monoisotopic (exact) mass is 403 g/mol. The van der Waals surface area contributed by atoms with Crippen LogP contribution >= 0.6 is 0 Å². The Morgan fingerprint density at radius 3 is 2.97 bits per heavy atom. The van der Waals surface area contributed by atoms with Gasteiger partial charge < -0.3 is 25.2 Å². The largest absolute Gasteiger partial charge is 0.382 e. The summed E-state index contributed by atoms with van der Waals surface area (Å²) in [6.07, 6.45) is 6.32. The van der Waals surface area contributed by atoms with Crippen molar-refractivity contribution in [3.05, 3.63) is 54.2 Å². The number of aromatic nitrogens is 5. The van der Waals surface area contributed by atoms with Crippen LogP contribution in [0.15, 0.2) is 42.9 Å². The molecule has 0 spiro atoms. The van der Waals surface area contributed by atoms with E-state index in [9.17, 15) is 4.79 Å². The lowest BCUT2D eigenvalue weighted by Crippen LogP contribution is -2.36. The summed E-state index contributed by atoms with van der Waals surface area (Å²) < 4.78 is 7.31. The summed E-state index contributed by atoms with van der Waals surface area (Å²) in [6, 6.07) is 7.55. The molecule has 0 bridgehead atoms. The minimum Gasteiger partial charge on any atom is -0.382 e. The van der Waals surface area contributed by atoms with Crippen molar-refractivity contribution in [2.45, 2.75) is 19.4 Å². The summed E-state index contributed by atoms with van der Waals surface area (Å²) in [5, 5.41) is 2.93. The van der Waals surface area contributed by atoms with Crippen molar-refractivity contribution in [3.8, 4) is 22.6 Å². The lowest BCUT2D eigenvalue weighted by atomic mass is 10.1. The number of fused-ring (bicyclic) bond motifs is 1. The fraction of sp³-hybridized carbons (Fsp3) is 0.238. The van der Waals surface area contributed by atoms with Crippen molar-refractivity contribution >= 4 is 17.4 Å². The Balaban J connectivity index is 1.64. The van der Waals surface area contributed by atoms with E-state index >= 15 is 0 Å². The van der Waals surface area contributed by atoms with Crippen LogP contribution in [0.3, 0.4) is 0 Å². The van der Waals surface area contributed by atoms with Gasteiger partial charge in [0.15, 0.2) is 11.5 Å². The predicted molar refractivity (Wildman–Crippen MR) is 112 cm³/mol. The lowest BCUT2D eigenvalue weighted by Gasteiger charge is -2.14. The van der Waals surface area contributed by atoms with Gasteiger partial charge in [-0.05, 0) is 37.6 Å². The molecule has 1 atom stereocenters. The molecule has 0 aromatic carbocycles. The smallest absolute Gasteiger partial charge is 0.274 e. The topological polar surface area (TPSA) is 123 Å². The third-order valence-electron chi connectivity index (χ3n) is 5.22. The first-order chi connectivity index (χ1) is 14.6. The fourth-order valence-electron chi connectivity index (χ4n) is 3.63. The van der Waals surface area contributed by atoms with Gasteiger partial charge >= 0.3 is 0 Å². The highest BCUT2D eigenvalue weighted by Gasteiger charge is 2.24. The number of rotatable bonds is 4. The quantitative estimate of drug-likeness (QED) is 0.480. The van der Waals surface area contributed by atoms with Crippen molar-refractivity contribution in [2.75, 3.05) is 18.9 Å². The molecule has 1 fully saturated rings. The van der Waals surface area contributed by atoms with Crippen molar-refractivity contribution in [1.29, 1.82) is 0 Å². The highest BCUT2D eigenvalue weighted by molar-refractivity contribution is 5.98. The summed E-state index contributed by atoms with van der Waals surface area (Å²) in [6.45, 7) is 3.10. The normalized spacial score (nSPS) is 16.2. The SMILES string of the molecule is Cc1cnc2ccc(-c3nc(C(=O)N[C@H]4CCOC4)c(N)nc3-c3ccc[nH]3)cn12. The number of nitrogens with zero attached hydrogens (tertiary/aromatic N) is 4. The molecule has 4 aromatic rings. The Morgan fingerprint density at radius 2 is 2.20 bits per heavy atom. The Labute approximate surface area is 172 Å². The molecule has 0 radical (unpaired) electrons. The lowest BCUT2D eigenvalue weighted by molar-refractivity contribution is 0.0925. The Bertz CT molecular complexity index is 1220. The molecular weight excluding hydrogens is 382 g/mol. The molecular formula is C21H21N7O2. The van der Waals surface area contributed by atoms with E-state index < -0.39 is 0 Å². The van der Waals surface area contributed by atoms with Gasteiger partial charge in [0.1, 0.15) is 17.0 Å². The number of nitrogens with two attached hydrogens (primary N) is 1. The predicted octanol–water partition coefficient (Wildman–Crippen LogP) is 2.20. The minimum atomic E-state index is -0.352. The third-order valence-corrected chi connectivity index (χ3v) is 5.22. The first-order valence-electron chi connectivity index (χ1n) is 9.74. The molecule has 1 amide bonds. The number of anilines is 1. The van der Waals surface area contributed by atoms with Gasteiger partial charge in [0.05, 0.1) is 18.3 Å². The molecule has 1 saturated heterocycles. The van der Waals surface area contributed by atoms with Gasteiger partial charge in [-0.15, -0.1) is 0 Å². The summed E-state index contributed by atoms with van der Waals surface area (Å²) in [4.78, 5) is 29.6. The van der Waals surface area contributed by atoms with E-state index in [2.05, 4.69) is 25.3 Å². The van der Waals surface area contributed by atoms with Gasteiger partial charge in [-0.2, -0.15) is 0 Å². The second-order valence-electron chi connectivity index (χ2n) is 7.32. The molecule has 4 N–H and O–H groups in total. The van der Waals surface area contributed by atoms with Crippen molar-refractivity contribution < 1.29 is 9.53 Å². The third kappa shape index (κ3) is 3.18. The van der Waals surface area contributed by atoms with E-state index in [-0.39, 0.29) is 23.5 Å². The van der Waals surface area contributed by atoms with Crippen LogP contribution in [0, 0.1) is 6.92 Å². The molecule has 152 valence electrons. The second-order valence-corrected chi connectivity index (χ2v) is 7.32.